The summed E-state index contributed by atoms with van der Waals surface area (Å²) in [5.74, 6) is 0. The van der Waals surface area contributed by atoms with Gasteiger partial charge in [-0.2, -0.15) is 0 Å². The number of hydrogen-bond donors (Lipinski definition) is 1. The highest BCUT2D eigenvalue weighted by molar-refractivity contribution is 5.42. The minimum atomic E-state index is 1.02. The van der Waals surface area contributed by atoms with Crippen molar-refractivity contribution in [2.45, 2.75) is 6.42 Å². The molecule has 1 aliphatic carbocycles. The van der Waals surface area contributed by atoms with Gasteiger partial charge in [0.2, 0.25) is 0 Å². The largest absolute Gasteiger partial charge is 0.387 e. The zero-order valence-corrected chi connectivity index (χ0v) is 5.22. The normalized spacial score (nSPS) is 22.2. The maximum atomic E-state index is 3.17. The Balaban J connectivity index is 2.35. The van der Waals surface area contributed by atoms with Crippen LogP contribution in [0.4, 0.5) is 0 Å². The summed E-state index contributed by atoms with van der Waals surface area (Å²) in [6.45, 7) is 1.02. The SMILES string of the molecule is C1=CC2=C(C=CNC2)C1. The van der Waals surface area contributed by atoms with Crippen molar-refractivity contribution in [3.05, 3.63) is 35.6 Å². The summed E-state index contributed by atoms with van der Waals surface area (Å²) >= 11 is 0. The molecule has 46 valence electrons. The van der Waals surface area contributed by atoms with Crippen LogP contribution in [-0.2, 0) is 0 Å². The van der Waals surface area contributed by atoms with Gasteiger partial charge in [-0.3, -0.25) is 0 Å². The van der Waals surface area contributed by atoms with Gasteiger partial charge in [0.15, 0.2) is 0 Å². The summed E-state index contributed by atoms with van der Waals surface area (Å²) in [6, 6.07) is 0. The van der Waals surface area contributed by atoms with Gasteiger partial charge in [-0.05, 0) is 29.8 Å². The summed E-state index contributed by atoms with van der Waals surface area (Å²) in [6.07, 6.45) is 9.71. The Labute approximate surface area is 54.8 Å². The average Bonchev–Trinajstić information content (AvgIpc) is 2.33. The molecule has 1 aliphatic heterocycles. The van der Waals surface area contributed by atoms with Crippen LogP contribution in [0.2, 0.25) is 0 Å². The first-order chi connectivity index (χ1) is 4.47. The van der Waals surface area contributed by atoms with Crippen LogP contribution in [0, 0.1) is 0 Å². The molecule has 1 nitrogen and oxygen atoms in total. The van der Waals surface area contributed by atoms with Crippen molar-refractivity contribution in [2.75, 3.05) is 6.54 Å². The molecule has 0 fully saturated rings. The van der Waals surface area contributed by atoms with Crippen LogP contribution in [0.15, 0.2) is 35.6 Å². The maximum absolute atomic E-state index is 3.17. The lowest BCUT2D eigenvalue weighted by atomic mass is 10.1. The number of allylic oxidation sites excluding steroid dienone is 3. The van der Waals surface area contributed by atoms with Crippen LogP contribution < -0.4 is 5.32 Å². The Bertz CT molecular complexity index is 209. The summed E-state index contributed by atoms with van der Waals surface area (Å²) in [5.41, 5.74) is 2.94. The molecule has 2 rings (SSSR count). The smallest absolute Gasteiger partial charge is 0.0398 e. The predicted molar refractivity (Wildman–Crippen MR) is 37.9 cm³/mol. The molecule has 1 heterocycles. The first-order valence-corrected chi connectivity index (χ1v) is 3.25. The monoisotopic (exact) mass is 119 g/mol. The Kier molecular flexibility index (Phi) is 0.950. The molecule has 0 spiro atoms. The zero-order valence-electron chi connectivity index (χ0n) is 5.22. The van der Waals surface area contributed by atoms with Crippen LogP contribution in [-0.4, -0.2) is 6.54 Å². The molecular weight excluding hydrogens is 110 g/mol. The molecule has 1 N–H and O–H groups in total. The molecule has 0 aromatic heterocycles. The van der Waals surface area contributed by atoms with E-state index in [0.717, 1.165) is 13.0 Å². The fraction of sp³-hybridized carbons (Fsp3) is 0.250. The van der Waals surface area contributed by atoms with Crippen molar-refractivity contribution in [3.63, 3.8) is 0 Å². The minimum Gasteiger partial charge on any atom is -0.387 e. The molecule has 0 unspecified atom stereocenters. The van der Waals surface area contributed by atoms with Gasteiger partial charge in [0, 0.05) is 6.54 Å². The van der Waals surface area contributed by atoms with Crippen LogP contribution in [0.25, 0.3) is 0 Å². The summed E-state index contributed by atoms with van der Waals surface area (Å²) in [4.78, 5) is 0. The molecular formula is C8H9N. The maximum Gasteiger partial charge on any atom is 0.0398 e. The molecule has 0 radical (unpaired) electrons. The Morgan fingerprint density at radius 2 is 2.22 bits per heavy atom. The van der Waals surface area contributed by atoms with Crippen molar-refractivity contribution in [3.8, 4) is 0 Å². The lowest BCUT2D eigenvalue weighted by Gasteiger charge is -2.08. The van der Waals surface area contributed by atoms with Crippen molar-refractivity contribution in [1.29, 1.82) is 0 Å². The molecule has 0 atom stereocenters. The second kappa shape index (κ2) is 1.76. The highest BCUT2D eigenvalue weighted by Crippen LogP contribution is 2.20. The Morgan fingerprint density at radius 1 is 1.22 bits per heavy atom. The van der Waals surface area contributed by atoms with E-state index in [9.17, 15) is 0 Å². The lowest BCUT2D eigenvalue weighted by molar-refractivity contribution is 0.927. The molecule has 0 amide bonds. The van der Waals surface area contributed by atoms with Crippen molar-refractivity contribution in [2.24, 2.45) is 0 Å². The van der Waals surface area contributed by atoms with E-state index in [1.807, 2.05) is 6.20 Å². The van der Waals surface area contributed by atoms with Crippen LogP contribution >= 0.6 is 0 Å². The van der Waals surface area contributed by atoms with E-state index in [2.05, 4.69) is 23.5 Å². The topological polar surface area (TPSA) is 12.0 Å². The van der Waals surface area contributed by atoms with Gasteiger partial charge in [0.1, 0.15) is 0 Å². The average molecular weight is 119 g/mol. The Hall–Kier alpha value is -0.980. The van der Waals surface area contributed by atoms with Crippen molar-refractivity contribution < 1.29 is 0 Å². The molecule has 0 bridgehead atoms. The van der Waals surface area contributed by atoms with Gasteiger partial charge < -0.3 is 5.32 Å². The molecule has 2 aliphatic rings. The molecule has 0 aromatic carbocycles. The quantitative estimate of drug-likeness (QED) is 0.507. The molecule has 0 saturated carbocycles. The van der Waals surface area contributed by atoms with Gasteiger partial charge >= 0.3 is 0 Å². The number of hydrogen-bond acceptors (Lipinski definition) is 1. The fourth-order valence-corrected chi connectivity index (χ4v) is 1.24. The summed E-state index contributed by atoms with van der Waals surface area (Å²) < 4.78 is 0. The minimum absolute atomic E-state index is 1.02. The van der Waals surface area contributed by atoms with E-state index in [-0.39, 0.29) is 0 Å². The van der Waals surface area contributed by atoms with Crippen molar-refractivity contribution >= 4 is 0 Å². The third kappa shape index (κ3) is 0.689. The molecule has 9 heavy (non-hydrogen) atoms. The Morgan fingerprint density at radius 3 is 3.11 bits per heavy atom. The van der Waals surface area contributed by atoms with E-state index in [1.165, 1.54) is 11.1 Å². The third-order valence-corrected chi connectivity index (χ3v) is 1.76. The van der Waals surface area contributed by atoms with Crippen LogP contribution in [0.3, 0.4) is 0 Å². The van der Waals surface area contributed by atoms with E-state index in [4.69, 9.17) is 0 Å². The first-order valence-electron chi connectivity index (χ1n) is 3.25. The summed E-state index contributed by atoms with van der Waals surface area (Å²) in [7, 11) is 0. The predicted octanol–water partition coefficient (Wildman–Crippen LogP) is 1.36. The number of nitrogens with one attached hydrogen (secondary N) is 1. The second-order valence-corrected chi connectivity index (χ2v) is 2.37. The van der Waals surface area contributed by atoms with E-state index < -0.39 is 0 Å². The van der Waals surface area contributed by atoms with Crippen LogP contribution in [0.1, 0.15) is 6.42 Å². The van der Waals surface area contributed by atoms with E-state index >= 15 is 0 Å². The van der Waals surface area contributed by atoms with E-state index in [1.54, 1.807) is 0 Å². The standard InChI is InChI=1S/C8H9N/c1-2-7-4-5-9-6-8(7)3-1/h1,3-5,9H,2,6H2. The van der Waals surface area contributed by atoms with Gasteiger partial charge in [0.25, 0.3) is 0 Å². The third-order valence-electron chi connectivity index (χ3n) is 1.76. The number of rotatable bonds is 0. The summed E-state index contributed by atoms with van der Waals surface area (Å²) in [5, 5.41) is 3.17. The van der Waals surface area contributed by atoms with Gasteiger partial charge in [-0.1, -0.05) is 12.2 Å². The zero-order chi connectivity index (χ0) is 6.10. The molecule has 1 heteroatoms. The fourth-order valence-electron chi connectivity index (χ4n) is 1.24. The number of dihydropyridines is 1. The van der Waals surface area contributed by atoms with Gasteiger partial charge in [-0.15, -0.1) is 0 Å². The van der Waals surface area contributed by atoms with Gasteiger partial charge in [0.05, 0.1) is 0 Å². The highest BCUT2D eigenvalue weighted by Gasteiger charge is 2.07. The van der Waals surface area contributed by atoms with Crippen LogP contribution in [0.5, 0.6) is 0 Å². The van der Waals surface area contributed by atoms with E-state index in [0.29, 0.717) is 0 Å². The lowest BCUT2D eigenvalue weighted by Crippen LogP contribution is -2.12. The molecule has 0 saturated heterocycles. The highest BCUT2D eigenvalue weighted by atomic mass is 14.8. The first kappa shape index (κ1) is 4.86. The van der Waals surface area contributed by atoms with Gasteiger partial charge in [-0.25, -0.2) is 0 Å². The second-order valence-electron chi connectivity index (χ2n) is 2.37. The van der Waals surface area contributed by atoms with Crippen molar-refractivity contribution in [1.82, 2.24) is 5.32 Å². The molecule has 0 aromatic rings.